The van der Waals surface area contributed by atoms with Crippen molar-refractivity contribution in [2.45, 2.75) is 6.04 Å². The largest absolute Gasteiger partial charge is 0.327 e. The Hall–Kier alpha value is -3.13. The number of fused-ring (bicyclic) bond motifs is 2. The number of rotatable bonds is 1. The molecule has 0 saturated carbocycles. The number of hydrogen-bond acceptors (Lipinski definition) is 4. The minimum absolute atomic E-state index is 0.0433. The molecule has 1 aliphatic heterocycles. The zero-order valence-corrected chi connectivity index (χ0v) is 12.8. The number of aromatic nitrogens is 3. The number of para-hydroxylation sites is 1. The lowest BCUT2D eigenvalue weighted by atomic mass is 9.99. The number of carbonyl (C=O) groups is 1. The lowest BCUT2D eigenvalue weighted by Gasteiger charge is -2.26. The molecule has 4 rings (SSSR count). The molecule has 0 spiro atoms. The molecule has 0 saturated heterocycles. The summed E-state index contributed by atoms with van der Waals surface area (Å²) in [7, 11) is 0. The van der Waals surface area contributed by atoms with E-state index in [0.29, 0.717) is 11.1 Å². The number of H-pyrrole nitrogens is 2. The number of amides is 2. The maximum absolute atomic E-state index is 12.2. The first-order valence-electron chi connectivity index (χ1n) is 7.02. The van der Waals surface area contributed by atoms with Gasteiger partial charge in [0, 0.05) is 10.9 Å². The van der Waals surface area contributed by atoms with E-state index in [-0.39, 0.29) is 16.5 Å². The summed E-state index contributed by atoms with van der Waals surface area (Å²) in [5.41, 5.74) is -0.00258. The SMILES string of the molecule is O=C1Nc2[nH]c(=O)[nH]c(=O)c2C(c2cc3ccccc3nc2Cl)N1. The van der Waals surface area contributed by atoms with E-state index in [4.69, 9.17) is 11.6 Å². The molecule has 3 heterocycles. The lowest BCUT2D eigenvalue weighted by Crippen LogP contribution is -2.44. The molecular formula is C15H10ClN5O3. The Kier molecular flexibility index (Phi) is 3.14. The van der Waals surface area contributed by atoms with Crippen LogP contribution in [0.15, 0.2) is 39.9 Å². The van der Waals surface area contributed by atoms with Gasteiger partial charge >= 0.3 is 11.7 Å². The molecular weight excluding hydrogens is 334 g/mol. The number of aromatic amines is 2. The molecule has 0 bridgehead atoms. The minimum Gasteiger partial charge on any atom is -0.326 e. The summed E-state index contributed by atoms with van der Waals surface area (Å²) < 4.78 is 0. The third kappa shape index (κ3) is 2.24. The molecule has 9 heteroatoms. The summed E-state index contributed by atoms with van der Waals surface area (Å²) in [4.78, 5) is 44.4. The molecule has 2 aromatic heterocycles. The number of benzene rings is 1. The number of anilines is 1. The Balaban J connectivity index is 1.98. The van der Waals surface area contributed by atoms with Crippen molar-refractivity contribution < 1.29 is 4.79 Å². The van der Waals surface area contributed by atoms with E-state index in [9.17, 15) is 14.4 Å². The number of pyridine rings is 1. The molecule has 1 atom stereocenters. The average Bonchev–Trinajstić information content (AvgIpc) is 2.52. The topological polar surface area (TPSA) is 120 Å². The van der Waals surface area contributed by atoms with Crippen LogP contribution < -0.4 is 21.9 Å². The molecule has 8 nitrogen and oxygen atoms in total. The van der Waals surface area contributed by atoms with E-state index in [2.05, 4.69) is 25.6 Å². The van der Waals surface area contributed by atoms with Crippen molar-refractivity contribution in [2.75, 3.05) is 5.32 Å². The van der Waals surface area contributed by atoms with E-state index >= 15 is 0 Å². The van der Waals surface area contributed by atoms with Crippen molar-refractivity contribution in [2.24, 2.45) is 0 Å². The molecule has 0 radical (unpaired) electrons. The number of halogens is 1. The molecule has 120 valence electrons. The van der Waals surface area contributed by atoms with Crippen LogP contribution in [0.4, 0.5) is 10.6 Å². The highest BCUT2D eigenvalue weighted by Gasteiger charge is 2.31. The molecule has 1 unspecified atom stereocenters. The monoisotopic (exact) mass is 343 g/mol. The highest BCUT2D eigenvalue weighted by atomic mass is 35.5. The fourth-order valence-corrected chi connectivity index (χ4v) is 3.02. The van der Waals surface area contributed by atoms with Gasteiger partial charge in [0.15, 0.2) is 0 Å². The van der Waals surface area contributed by atoms with Crippen molar-refractivity contribution in [1.82, 2.24) is 20.3 Å². The van der Waals surface area contributed by atoms with E-state index in [1.807, 2.05) is 24.3 Å². The maximum atomic E-state index is 12.2. The Morgan fingerprint density at radius 2 is 1.88 bits per heavy atom. The van der Waals surface area contributed by atoms with Crippen LogP contribution in [-0.2, 0) is 0 Å². The van der Waals surface area contributed by atoms with E-state index in [1.54, 1.807) is 6.07 Å². The van der Waals surface area contributed by atoms with Gasteiger partial charge in [0.1, 0.15) is 11.0 Å². The molecule has 2 amide bonds. The fraction of sp³-hybridized carbons (Fsp3) is 0.0667. The van der Waals surface area contributed by atoms with Gasteiger partial charge in [0.25, 0.3) is 5.56 Å². The van der Waals surface area contributed by atoms with Gasteiger partial charge in [-0.25, -0.2) is 14.6 Å². The van der Waals surface area contributed by atoms with Crippen molar-refractivity contribution >= 4 is 34.4 Å². The normalized spacial score (nSPS) is 16.4. The Morgan fingerprint density at radius 1 is 1.08 bits per heavy atom. The highest BCUT2D eigenvalue weighted by Crippen LogP contribution is 2.32. The summed E-state index contributed by atoms with van der Waals surface area (Å²) in [6, 6.07) is 7.71. The predicted octanol–water partition coefficient (Wildman–Crippen LogP) is 1.49. The van der Waals surface area contributed by atoms with Gasteiger partial charge in [0.2, 0.25) is 0 Å². The van der Waals surface area contributed by atoms with Gasteiger partial charge in [-0.1, -0.05) is 29.8 Å². The quantitative estimate of drug-likeness (QED) is 0.500. The Morgan fingerprint density at radius 3 is 2.71 bits per heavy atom. The Labute approximate surface area is 138 Å². The van der Waals surface area contributed by atoms with Gasteiger partial charge < -0.3 is 5.32 Å². The molecule has 24 heavy (non-hydrogen) atoms. The average molecular weight is 344 g/mol. The summed E-state index contributed by atoms with van der Waals surface area (Å²) in [5.74, 6) is 0.0433. The lowest BCUT2D eigenvalue weighted by molar-refractivity contribution is 0.248. The van der Waals surface area contributed by atoms with Gasteiger partial charge in [0.05, 0.1) is 17.1 Å². The van der Waals surface area contributed by atoms with Crippen molar-refractivity contribution in [3.8, 4) is 0 Å². The summed E-state index contributed by atoms with van der Waals surface area (Å²) in [6.07, 6.45) is 0. The third-order valence-corrected chi connectivity index (χ3v) is 4.10. The number of hydrogen-bond donors (Lipinski definition) is 4. The van der Waals surface area contributed by atoms with Crippen LogP contribution >= 0.6 is 11.6 Å². The predicted molar refractivity (Wildman–Crippen MR) is 88.4 cm³/mol. The smallest absolute Gasteiger partial charge is 0.326 e. The molecule has 4 N–H and O–H groups in total. The van der Waals surface area contributed by atoms with Crippen molar-refractivity contribution in [1.29, 1.82) is 0 Å². The minimum atomic E-state index is -0.834. The van der Waals surface area contributed by atoms with Gasteiger partial charge in [-0.15, -0.1) is 0 Å². The number of carbonyl (C=O) groups excluding carboxylic acids is 1. The fourth-order valence-electron chi connectivity index (χ4n) is 2.77. The molecule has 1 aliphatic rings. The van der Waals surface area contributed by atoms with E-state index in [0.717, 1.165) is 5.39 Å². The molecule has 1 aromatic carbocycles. The van der Waals surface area contributed by atoms with Gasteiger partial charge in [-0.05, 0) is 12.1 Å². The van der Waals surface area contributed by atoms with Crippen LogP contribution in [0.2, 0.25) is 5.15 Å². The van der Waals surface area contributed by atoms with Crippen LogP contribution in [0.1, 0.15) is 17.2 Å². The number of nitrogens with one attached hydrogen (secondary N) is 4. The standard InChI is InChI=1S/C15H10ClN5O3/c16-11-7(5-6-3-1-2-4-8(6)17-11)10-9-12(19-14(23)18-10)20-15(24)21-13(9)22/h1-5,10H,(H4,18,19,20,21,22,23,24). The van der Waals surface area contributed by atoms with E-state index in [1.165, 1.54) is 0 Å². The second kappa shape index (κ2) is 5.20. The van der Waals surface area contributed by atoms with Gasteiger partial charge in [-0.3, -0.25) is 20.1 Å². The zero-order valence-electron chi connectivity index (χ0n) is 12.0. The highest BCUT2D eigenvalue weighted by molar-refractivity contribution is 6.30. The molecule has 0 fully saturated rings. The Bertz CT molecular complexity index is 1100. The zero-order chi connectivity index (χ0) is 16.8. The third-order valence-electron chi connectivity index (χ3n) is 3.80. The van der Waals surface area contributed by atoms with Crippen LogP contribution in [0.25, 0.3) is 10.9 Å². The molecule has 0 aliphatic carbocycles. The number of nitrogens with zero attached hydrogens (tertiary/aromatic N) is 1. The van der Waals surface area contributed by atoms with Crippen LogP contribution in [0, 0.1) is 0 Å². The van der Waals surface area contributed by atoms with Crippen LogP contribution in [0.5, 0.6) is 0 Å². The van der Waals surface area contributed by atoms with Gasteiger partial charge in [-0.2, -0.15) is 0 Å². The number of urea groups is 1. The second-order valence-electron chi connectivity index (χ2n) is 5.29. The van der Waals surface area contributed by atoms with Crippen LogP contribution in [0.3, 0.4) is 0 Å². The second-order valence-corrected chi connectivity index (χ2v) is 5.65. The first-order valence-corrected chi connectivity index (χ1v) is 7.40. The van der Waals surface area contributed by atoms with Crippen LogP contribution in [-0.4, -0.2) is 21.0 Å². The molecule has 3 aromatic rings. The maximum Gasteiger partial charge on any atom is 0.327 e. The first kappa shape index (κ1) is 14.5. The van der Waals surface area contributed by atoms with Crippen molar-refractivity contribution in [3.63, 3.8) is 0 Å². The van der Waals surface area contributed by atoms with E-state index < -0.39 is 23.3 Å². The van der Waals surface area contributed by atoms with Crippen molar-refractivity contribution in [3.05, 3.63) is 67.4 Å². The summed E-state index contributed by atoms with van der Waals surface area (Å²) >= 11 is 6.27. The summed E-state index contributed by atoms with van der Waals surface area (Å²) in [5, 5.41) is 6.02. The summed E-state index contributed by atoms with van der Waals surface area (Å²) in [6.45, 7) is 0. The first-order chi connectivity index (χ1) is 11.5.